The molecule has 1 fully saturated rings. The van der Waals surface area contributed by atoms with E-state index in [0.29, 0.717) is 18.2 Å². The molecule has 0 unspecified atom stereocenters. The zero-order valence-corrected chi connectivity index (χ0v) is 29.8. The third-order valence-corrected chi connectivity index (χ3v) is 11.2. The Hall–Kier alpha value is -2.80. The zero-order valence-electron chi connectivity index (χ0n) is 28.8. The number of rotatable bonds is 10. The molecule has 2 aliphatic rings. The number of pyridine rings is 1. The first kappa shape index (κ1) is 34.1. The summed E-state index contributed by atoms with van der Waals surface area (Å²) in [5, 5.41) is 12.7. The maximum absolute atomic E-state index is 13.7. The van der Waals surface area contributed by atoms with Crippen LogP contribution in [0.15, 0.2) is 24.4 Å². The molecule has 9 heteroatoms. The third kappa shape index (κ3) is 8.07. The van der Waals surface area contributed by atoms with Crippen LogP contribution < -0.4 is 5.32 Å². The van der Waals surface area contributed by atoms with Crippen molar-refractivity contribution >= 4 is 25.2 Å². The van der Waals surface area contributed by atoms with E-state index in [-0.39, 0.29) is 40.6 Å². The average molecular weight is 619 g/mol. The van der Waals surface area contributed by atoms with Gasteiger partial charge < -0.3 is 14.6 Å². The molecule has 0 atom stereocenters. The van der Waals surface area contributed by atoms with Crippen molar-refractivity contribution in [1.29, 1.82) is 5.26 Å². The van der Waals surface area contributed by atoms with Gasteiger partial charge in [-0.25, -0.2) is 4.98 Å². The number of aromatic nitrogens is 3. The summed E-state index contributed by atoms with van der Waals surface area (Å²) in [4.78, 5) is 26.0. The molecule has 1 saturated heterocycles. The van der Waals surface area contributed by atoms with Gasteiger partial charge in [0.15, 0.2) is 5.69 Å². The highest BCUT2D eigenvalue weighted by Gasteiger charge is 2.45. The van der Waals surface area contributed by atoms with Crippen molar-refractivity contribution in [3.05, 3.63) is 47.3 Å². The van der Waals surface area contributed by atoms with Crippen molar-refractivity contribution in [2.75, 3.05) is 18.5 Å². The van der Waals surface area contributed by atoms with E-state index < -0.39 is 8.07 Å². The fourth-order valence-corrected chi connectivity index (χ4v) is 7.95. The van der Waals surface area contributed by atoms with E-state index in [1.54, 1.807) is 10.8 Å². The van der Waals surface area contributed by atoms with Gasteiger partial charge in [0.05, 0.1) is 11.4 Å². The molecule has 1 aliphatic carbocycles. The number of imidazole rings is 1. The van der Waals surface area contributed by atoms with Gasteiger partial charge in [0, 0.05) is 43.6 Å². The highest BCUT2D eigenvalue weighted by molar-refractivity contribution is 6.76. The second-order valence-electron chi connectivity index (χ2n) is 16.0. The highest BCUT2D eigenvalue weighted by Crippen LogP contribution is 2.46. The number of carbonyl (C=O) groups is 1. The molecule has 44 heavy (non-hydrogen) atoms. The van der Waals surface area contributed by atoms with Crippen molar-refractivity contribution in [3.8, 4) is 6.07 Å². The monoisotopic (exact) mass is 618 g/mol. The fourth-order valence-electron chi connectivity index (χ4n) is 7.19. The number of nitrogens with zero attached hydrogens (tertiary/aromatic N) is 5. The van der Waals surface area contributed by atoms with E-state index in [1.165, 1.54) is 5.57 Å². The van der Waals surface area contributed by atoms with Crippen LogP contribution in [0.5, 0.6) is 0 Å². The molecule has 8 nitrogen and oxygen atoms in total. The first-order chi connectivity index (χ1) is 20.4. The summed E-state index contributed by atoms with van der Waals surface area (Å²) in [5.41, 5.74) is 4.35. The number of likely N-dealkylation sites (tertiary alicyclic amines) is 1. The van der Waals surface area contributed by atoms with E-state index in [1.807, 2.05) is 6.07 Å². The van der Waals surface area contributed by atoms with Crippen molar-refractivity contribution in [2.24, 2.45) is 5.41 Å². The van der Waals surface area contributed by atoms with Crippen molar-refractivity contribution in [3.63, 3.8) is 0 Å². The van der Waals surface area contributed by atoms with Gasteiger partial charge in [-0.05, 0) is 95.5 Å². The normalized spacial score (nSPS) is 20.2. The lowest BCUT2D eigenvalue weighted by molar-refractivity contribution is -0.0322. The summed E-state index contributed by atoms with van der Waals surface area (Å²) >= 11 is 0. The SMILES string of the molecule is CCN1C(C)(C)CC(c2ccc(NC(=O)c3nc(C#N)cn3COCC[Si](C)(C)C)c(C3=CCC(C)(C)CC3)n2)CC1(C)C. The van der Waals surface area contributed by atoms with Crippen LogP contribution >= 0.6 is 0 Å². The molecular formula is C35H54N6O2Si. The molecule has 4 rings (SSSR count). The van der Waals surface area contributed by atoms with Gasteiger partial charge in [-0.2, -0.15) is 5.26 Å². The van der Waals surface area contributed by atoms with Gasteiger partial charge in [-0.1, -0.05) is 46.5 Å². The van der Waals surface area contributed by atoms with Crippen LogP contribution in [0.4, 0.5) is 5.69 Å². The lowest BCUT2D eigenvalue weighted by Gasteiger charge is -2.55. The average Bonchev–Trinajstić information content (AvgIpc) is 3.33. The summed E-state index contributed by atoms with van der Waals surface area (Å²) in [6.45, 7) is 24.9. The molecule has 0 saturated carbocycles. The molecule has 0 spiro atoms. The molecule has 1 amide bonds. The maximum atomic E-state index is 13.7. The number of allylic oxidation sites excluding steroid dienone is 2. The van der Waals surface area contributed by atoms with Gasteiger partial charge in [-0.3, -0.25) is 14.7 Å². The Kier molecular flexibility index (Phi) is 9.99. The molecule has 0 aromatic carbocycles. The van der Waals surface area contributed by atoms with E-state index in [2.05, 4.69) is 102 Å². The lowest BCUT2D eigenvalue weighted by Crippen LogP contribution is -2.59. The smallest absolute Gasteiger partial charge is 0.291 e. The van der Waals surface area contributed by atoms with Crippen LogP contribution in [0.25, 0.3) is 5.57 Å². The Labute approximate surface area is 266 Å². The van der Waals surface area contributed by atoms with Crippen LogP contribution in [0.3, 0.4) is 0 Å². The Bertz CT molecular complexity index is 1410. The standard InChI is InChI=1S/C35H54N6O2Si/c1-11-41-34(4,5)20-26(21-35(41,6)7)28-12-13-29(30(38-28)25-14-16-33(2,3)17-15-25)39-32(42)31-37-27(22-36)23-40(31)24-43-18-19-44(8,9)10/h12-14,23,26H,11,15-21,24H2,1-10H3,(H,39,42). The van der Waals surface area contributed by atoms with E-state index in [9.17, 15) is 10.1 Å². The van der Waals surface area contributed by atoms with E-state index >= 15 is 0 Å². The fraction of sp³-hybridized carbons (Fsp3) is 0.657. The number of nitriles is 1. The number of carbonyl (C=O) groups excluding carboxylic acids is 1. The second-order valence-corrected chi connectivity index (χ2v) is 21.7. The van der Waals surface area contributed by atoms with Gasteiger partial charge in [-0.15, -0.1) is 0 Å². The Morgan fingerprint density at radius 1 is 1.11 bits per heavy atom. The molecule has 0 bridgehead atoms. The van der Waals surface area contributed by atoms with Gasteiger partial charge >= 0.3 is 0 Å². The molecule has 2 aromatic heterocycles. The summed E-state index contributed by atoms with van der Waals surface area (Å²) in [7, 11) is -1.25. The van der Waals surface area contributed by atoms with Crippen LogP contribution in [-0.4, -0.2) is 57.6 Å². The molecule has 240 valence electrons. The molecule has 2 aromatic rings. The summed E-state index contributed by atoms with van der Waals surface area (Å²) in [6, 6.07) is 7.21. The van der Waals surface area contributed by atoms with E-state index in [0.717, 1.165) is 56.1 Å². The quantitative estimate of drug-likeness (QED) is 0.214. The second kappa shape index (κ2) is 12.9. The minimum Gasteiger partial charge on any atom is -0.361 e. The minimum absolute atomic E-state index is 0.0523. The highest BCUT2D eigenvalue weighted by atomic mass is 28.3. The Morgan fingerprint density at radius 2 is 1.80 bits per heavy atom. The van der Waals surface area contributed by atoms with Crippen LogP contribution in [0.2, 0.25) is 25.7 Å². The zero-order chi connectivity index (χ0) is 32.5. The largest absolute Gasteiger partial charge is 0.361 e. The number of piperidine rings is 1. The number of hydrogen-bond donors (Lipinski definition) is 1. The third-order valence-electron chi connectivity index (χ3n) is 9.45. The minimum atomic E-state index is -1.25. The van der Waals surface area contributed by atoms with Gasteiger partial charge in [0.25, 0.3) is 5.91 Å². The number of amides is 1. The van der Waals surface area contributed by atoms with Crippen LogP contribution in [0, 0.1) is 16.7 Å². The Morgan fingerprint density at radius 3 is 2.36 bits per heavy atom. The van der Waals surface area contributed by atoms with Crippen molar-refractivity contribution in [1.82, 2.24) is 19.4 Å². The first-order valence-electron chi connectivity index (χ1n) is 16.3. The first-order valence-corrected chi connectivity index (χ1v) is 20.0. The van der Waals surface area contributed by atoms with Gasteiger partial charge in [0.2, 0.25) is 5.82 Å². The summed E-state index contributed by atoms with van der Waals surface area (Å²) < 4.78 is 7.54. The molecular weight excluding hydrogens is 565 g/mol. The number of ether oxygens (including phenoxy) is 1. The number of anilines is 1. The Balaban J connectivity index is 1.65. The molecule has 1 aliphatic heterocycles. The summed E-state index contributed by atoms with van der Waals surface area (Å²) in [6.07, 6.45) is 8.90. The van der Waals surface area contributed by atoms with Crippen LogP contribution in [0.1, 0.15) is 114 Å². The number of nitrogens with one attached hydrogen (secondary N) is 1. The predicted octanol–water partition coefficient (Wildman–Crippen LogP) is 8.06. The lowest BCUT2D eigenvalue weighted by atomic mass is 9.72. The maximum Gasteiger partial charge on any atom is 0.291 e. The molecule has 1 N–H and O–H groups in total. The van der Waals surface area contributed by atoms with Gasteiger partial charge in [0.1, 0.15) is 12.8 Å². The van der Waals surface area contributed by atoms with Crippen molar-refractivity contribution in [2.45, 2.75) is 130 Å². The molecule has 3 heterocycles. The van der Waals surface area contributed by atoms with Crippen LogP contribution in [-0.2, 0) is 11.5 Å². The van der Waals surface area contributed by atoms with Crippen molar-refractivity contribution < 1.29 is 9.53 Å². The summed E-state index contributed by atoms with van der Waals surface area (Å²) in [5.74, 6) is 0.113. The molecule has 0 radical (unpaired) electrons. The predicted molar refractivity (Wildman–Crippen MR) is 181 cm³/mol. The number of hydrogen-bond acceptors (Lipinski definition) is 6. The topological polar surface area (TPSA) is 96.1 Å². The van der Waals surface area contributed by atoms with E-state index in [4.69, 9.17) is 9.72 Å².